The van der Waals surface area contributed by atoms with Crippen molar-refractivity contribution in [1.82, 2.24) is 9.55 Å². The smallest absolute Gasteiger partial charge is 0.113 e. The average Bonchev–Trinajstić information content (AvgIpc) is 3.29. The lowest BCUT2D eigenvalue weighted by Gasteiger charge is -2.45. The summed E-state index contributed by atoms with van der Waals surface area (Å²) in [6.07, 6.45) is 7.87. The van der Waals surface area contributed by atoms with Crippen LogP contribution in [-0.2, 0) is 11.2 Å². The number of ether oxygens (including phenoxy) is 1. The zero-order chi connectivity index (χ0) is 19.2. The minimum atomic E-state index is -0.138. The third kappa shape index (κ3) is 4.09. The molecule has 2 fully saturated rings. The Morgan fingerprint density at radius 1 is 1.11 bits per heavy atom. The van der Waals surface area contributed by atoms with E-state index in [2.05, 4.69) is 44.5 Å². The van der Waals surface area contributed by atoms with Crippen molar-refractivity contribution in [1.29, 1.82) is 5.26 Å². The molecule has 1 aromatic carbocycles. The molecule has 1 saturated heterocycles. The molecule has 0 atom stereocenters. The Bertz CT molecular complexity index is 850. The predicted octanol–water partition coefficient (Wildman–Crippen LogP) is 5.15. The molecule has 1 aliphatic heterocycles. The van der Waals surface area contributed by atoms with Crippen molar-refractivity contribution in [2.75, 3.05) is 0 Å². The van der Waals surface area contributed by atoms with Gasteiger partial charge in [-0.05, 0) is 83.6 Å². The number of hydrogen-bond donors (Lipinski definition) is 0. The SMILES string of the molecule is CC1(C)CC(c2cn(-c3ccc(C#N)cc3)c(CC3CC3)n2)CC(C)(C)O1. The molecule has 0 spiro atoms. The zero-order valence-electron chi connectivity index (χ0n) is 16.8. The normalized spacial score (nSPS) is 21.7. The van der Waals surface area contributed by atoms with Crippen molar-refractivity contribution in [3.05, 3.63) is 47.5 Å². The number of benzene rings is 1. The van der Waals surface area contributed by atoms with E-state index >= 15 is 0 Å². The van der Waals surface area contributed by atoms with E-state index in [1.807, 2.05) is 24.3 Å². The van der Waals surface area contributed by atoms with E-state index in [0.717, 1.165) is 36.7 Å². The first-order valence-corrected chi connectivity index (χ1v) is 10.0. The van der Waals surface area contributed by atoms with E-state index in [4.69, 9.17) is 15.0 Å². The van der Waals surface area contributed by atoms with Crippen LogP contribution in [0.4, 0.5) is 0 Å². The van der Waals surface area contributed by atoms with E-state index in [1.54, 1.807) is 0 Å². The summed E-state index contributed by atoms with van der Waals surface area (Å²) in [5, 5.41) is 9.07. The Morgan fingerprint density at radius 2 is 1.74 bits per heavy atom. The van der Waals surface area contributed by atoms with Crippen molar-refractivity contribution in [2.45, 2.75) is 76.9 Å². The third-order valence-electron chi connectivity index (χ3n) is 5.69. The highest BCUT2D eigenvalue weighted by molar-refractivity contribution is 5.41. The molecule has 2 aliphatic rings. The highest BCUT2D eigenvalue weighted by Crippen LogP contribution is 2.43. The molecule has 2 heterocycles. The maximum atomic E-state index is 9.07. The Labute approximate surface area is 162 Å². The van der Waals surface area contributed by atoms with Crippen LogP contribution >= 0.6 is 0 Å². The highest BCUT2D eigenvalue weighted by Gasteiger charge is 2.41. The standard InChI is InChI=1S/C23H29N3O/c1-22(2)12-18(13-23(3,4)27-22)20-15-26(21(25-20)11-16-5-6-16)19-9-7-17(14-24)8-10-19/h7-10,15-16,18H,5-6,11-13H2,1-4H3. The van der Waals surface area contributed by atoms with Gasteiger partial charge in [-0.3, -0.25) is 0 Å². The second kappa shape index (κ2) is 6.49. The largest absolute Gasteiger partial charge is 0.370 e. The van der Waals surface area contributed by atoms with Crippen molar-refractivity contribution in [3.63, 3.8) is 0 Å². The van der Waals surface area contributed by atoms with E-state index in [-0.39, 0.29) is 11.2 Å². The Hall–Kier alpha value is -2.12. The quantitative estimate of drug-likeness (QED) is 0.755. The highest BCUT2D eigenvalue weighted by atomic mass is 16.5. The van der Waals surface area contributed by atoms with Crippen LogP contribution in [0.15, 0.2) is 30.5 Å². The fourth-order valence-corrected chi connectivity index (χ4v) is 4.58. The molecule has 0 N–H and O–H groups in total. The molecule has 0 radical (unpaired) electrons. The van der Waals surface area contributed by atoms with Crippen LogP contribution in [0.2, 0.25) is 0 Å². The van der Waals surface area contributed by atoms with Gasteiger partial charge in [0.2, 0.25) is 0 Å². The minimum absolute atomic E-state index is 0.138. The monoisotopic (exact) mass is 363 g/mol. The summed E-state index contributed by atoms with van der Waals surface area (Å²) in [6.45, 7) is 8.74. The van der Waals surface area contributed by atoms with Gasteiger partial charge in [0.15, 0.2) is 0 Å². The van der Waals surface area contributed by atoms with E-state index < -0.39 is 0 Å². The first-order chi connectivity index (χ1) is 12.7. The summed E-state index contributed by atoms with van der Waals surface area (Å²) in [4.78, 5) is 5.11. The molecule has 4 nitrogen and oxygen atoms in total. The van der Waals surface area contributed by atoms with Crippen LogP contribution in [0.25, 0.3) is 5.69 Å². The van der Waals surface area contributed by atoms with E-state index in [9.17, 15) is 0 Å². The molecule has 1 saturated carbocycles. The first kappa shape index (κ1) is 18.3. The van der Waals surface area contributed by atoms with Gasteiger partial charge < -0.3 is 9.30 Å². The molecule has 0 unspecified atom stereocenters. The molecule has 1 aromatic heterocycles. The molecule has 142 valence electrons. The van der Waals surface area contributed by atoms with Gasteiger partial charge in [-0.25, -0.2) is 4.98 Å². The molecule has 1 aliphatic carbocycles. The minimum Gasteiger partial charge on any atom is -0.370 e. The molecule has 0 bridgehead atoms. The van der Waals surface area contributed by atoms with Gasteiger partial charge in [-0.15, -0.1) is 0 Å². The van der Waals surface area contributed by atoms with Crippen LogP contribution in [-0.4, -0.2) is 20.8 Å². The van der Waals surface area contributed by atoms with Crippen molar-refractivity contribution >= 4 is 0 Å². The lowest BCUT2D eigenvalue weighted by molar-refractivity contribution is -0.162. The number of rotatable bonds is 4. The van der Waals surface area contributed by atoms with Crippen LogP contribution < -0.4 is 0 Å². The van der Waals surface area contributed by atoms with Gasteiger partial charge in [0, 0.05) is 24.2 Å². The molecule has 27 heavy (non-hydrogen) atoms. The molecule has 4 heteroatoms. The van der Waals surface area contributed by atoms with Crippen LogP contribution in [0.1, 0.15) is 76.4 Å². The lowest BCUT2D eigenvalue weighted by Crippen LogP contribution is -2.44. The van der Waals surface area contributed by atoms with Crippen molar-refractivity contribution < 1.29 is 4.74 Å². The molecular weight excluding hydrogens is 334 g/mol. The average molecular weight is 364 g/mol. The maximum Gasteiger partial charge on any atom is 0.113 e. The summed E-state index contributed by atoms with van der Waals surface area (Å²) >= 11 is 0. The molecule has 4 rings (SSSR count). The van der Waals surface area contributed by atoms with Gasteiger partial charge in [0.25, 0.3) is 0 Å². The first-order valence-electron chi connectivity index (χ1n) is 10.0. The van der Waals surface area contributed by atoms with Gasteiger partial charge in [-0.2, -0.15) is 5.26 Å². The van der Waals surface area contributed by atoms with Gasteiger partial charge >= 0.3 is 0 Å². The maximum absolute atomic E-state index is 9.07. The Balaban J connectivity index is 1.69. The van der Waals surface area contributed by atoms with Gasteiger partial charge in [0.05, 0.1) is 28.5 Å². The van der Waals surface area contributed by atoms with Crippen molar-refractivity contribution in [3.8, 4) is 11.8 Å². The summed E-state index contributed by atoms with van der Waals surface area (Å²) in [6, 6.07) is 10.0. The number of nitrogens with zero attached hydrogens (tertiary/aromatic N) is 3. The zero-order valence-corrected chi connectivity index (χ0v) is 16.8. The van der Waals surface area contributed by atoms with E-state index in [0.29, 0.717) is 11.5 Å². The second-order valence-electron chi connectivity index (χ2n) is 9.48. The van der Waals surface area contributed by atoms with Crippen LogP contribution in [0.3, 0.4) is 0 Å². The summed E-state index contributed by atoms with van der Waals surface area (Å²) in [7, 11) is 0. The molecule has 0 amide bonds. The number of aromatic nitrogens is 2. The summed E-state index contributed by atoms with van der Waals surface area (Å²) < 4.78 is 8.51. The van der Waals surface area contributed by atoms with E-state index in [1.165, 1.54) is 18.5 Å². The number of hydrogen-bond acceptors (Lipinski definition) is 3. The fourth-order valence-electron chi connectivity index (χ4n) is 4.58. The van der Waals surface area contributed by atoms with Gasteiger partial charge in [-0.1, -0.05) is 0 Å². The third-order valence-corrected chi connectivity index (χ3v) is 5.69. The topological polar surface area (TPSA) is 50.8 Å². The fraction of sp³-hybridized carbons (Fsp3) is 0.565. The van der Waals surface area contributed by atoms with Crippen LogP contribution in [0.5, 0.6) is 0 Å². The predicted molar refractivity (Wildman–Crippen MR) is 106 cm³/mol. The molecular formula is C23H29N3O. The lowest BCUT2D eigenvalue weighted by atomic mass is 9.79. The van der Waals surface area contributed by atoms with Crippen molar-refractivity contribution in [2.24, 2.45) is 5.92 Å². The van der Waals surface area contributed by atoms with Crippen LogP contribution in [0, 0.1) is 17.2 Å². The Kier molecular flexibility index (Phi) is 4.39. The summed E-state index contributed by atoms with van der Waals surface area (Å²) in [5.41, 5.74) is 2.69. The molecule has 2 aromatic rings. The Morgan fingerprint density at radius 3 is 2.30 bits per heavy atom. The number of imidazole rings is 1. The summed E-state index contributed by atoms with van der Waals surface area (Å²) in [5.74, 6) is 2.33. The van der Waals surface area contributed by atoms with Gasteiger partial charge in [0.1, 0.15) is 5.82 Å². The number of nitriles is 1. The second-order valence-corrected chi connectivity index (χ2v) is 9.48.